The van der Waals surface area contributed by atoms with E-state index in [-0.39, 0.29) is 0 Å². The van der Waals surface area contributed by atoms with Gasteiger partial charge in [-0.3, -0.25) is 9.89 Å². The number of piperidine rings is 1. The first kappa shape index (κ1) is 18.2. The number of aliphatic imine (C=N–C) groups is 1. The van der Waals surface area contributed by atoms with Crippen molar-refractivity contribution in [2.45, 2.75) is 37.8 Å². The SMILES string of the molecule is C=CCN1CCC(NC(=NC)NCCOCC2CCCO2)CC1. The van der Waals surface area contributed by atoms with Gasteiger partial charge < -0.3 is 20.1 Å². The van der Waals surface area contributed by atoms with Gasteiger partial charge in [-0.1, -0.05) is 6.08 Å². The number of ether oxygens (including phenoxy) is 2. The van der Waals surface area contributed by atoms with E-state index in [9.17, 15) is 0 Å². The van der Waals surface area contributed by atoms with Crippen molar-refractivity contribution in [1.29, 1.82) is 0 Å². The zero-order valence-corrected chi connectivity index (χ0v) is 14.4. The highest BCUT2D eigenvalue weighted by Gasteiger charge is 2.19. The van der Waals surface area contributed by atoms with Crippen LogP contribution in [0.4, 0.5) is 0 Å². The first-order chi connectivity index (χ1) is 11.3. The topological polar surface area (TPSA) is 58.1 Å². The van der Waals surface area contributed by atoms with Crippen LogP contribution in [0.3, 0.4) is 0 Å². The summed E-state index contributed by atoms with van der Waals surface area (Å²) in [7, 11) is 1.81. The van der Waals surface area contributed by atoms with Gasteiger partial charge in [0.25, 0.3) is 0 Å². The minimum absolute atomic E-state index is 0.299. The largest absolute Gasteiger partial charge is 0.377 e. The Hall–Kier alpha value is -1.11. The molecule has 0 amide bonds. The van der Waals surface area contributed by atoms with Crippen LogP contribution in [-0.4, -0.2) is 76.1 Å². The van der Waals surface area contributed by atoms with Crippen molar-refractivity contribution in [3.8, 4) is 0 Å². The summed E-state index contributed by atoms with van der Waals surface area (Å²) in [4.78, 5) is 6.73. The third kappa shape index (κ3) is 6.89. The van der Waals surface area contributed by atoms with E-state index in [1.54, 1.807) is 0 Å². The molecule has 1 unspecified atom stereocenters. The summed E-state index contributed by atoms with van der Waals surface area (Å²) < 4.78 is 11.2. The number of nitrogens with one attached hydrogen (secondary N) is 2. The Bertz CT molecular complexity index is 362. The number of hydrogen-bond donors (Lipinski definition) is 2. The zero-order chi connectivity index (χ0) is 16.3. The van der Waals surface area contributed by atoms with Crippen LogP contribution in [0.15, 0.2) is 17.6 Å². The first-order valence-electron chi connectivity index (χ1n) is 8.81. The van der Waals surface area contributed by atoms with Crippen LogP contribution >= 0.6 is 0 Å². The van der Waals surface area contributed by atoms with Crippen molar-refractivity contribution in [2.24, 2.45) is 4.99 Å². The van der Waals surface area contributed by atoms with Gasteiger partial charge in [-0.15, -0.1) is 6.58 Å². The molecule has 0 saturated carbocycles. The van der Waals surface area contributed by atoms with Gasteiger partial charge in [-0.25, -0.2) is 0 Å². The van der Waals surface area contributed by atoms with Gasteiger partial charge >= 0.3 is 0 Å². The molecule has 2 saturated heterocycles. The Labute approximate surface area is 140 Å². The van der Waals surface area contributed by atoms with E-state index in [4.69, 9.17) is 9.47 Å². The fraction of sp³-hybridized carbons (Fsp3) is 0.824. The molecule has 2 N–H and O–H groups in total. The maximum Gasteiger partial charge on any atom is 0.191 e. The van der Waals surface area contributed by atoms with Crippen molar-refractivity contribution in [3.63, 3.8) is 0 Å². The molecule has 0 aromatic rings. The molecule has 0 radical (unpaired) electrons. The van der Waals surface area contributed by atoms with Crippen molar-refractivity contribution in [3.05, 3.63) is 12.7 Å². The normalized spacial score (nSPS) is 23.9. The monoisotopic (exact) mass is 324 g/mol. The maximum atomic E-state index is 5.66. The highest BCUT2D eigenvalue weighted by atomic mass is 16.5. The Morgan fingerprint density at radius 2 is 2.22 bits per heavy atom. The van der Waals surface area contributed by atoms with Crippen LogP contribution in [0.1, 0.15) is 25.7 Å². The molecule has 2 fully saturated rings. The van der Waals surface area contributed by atoms with Gasteiger partial charge in [0.05, 0.1) is 19.3 Å². The molecular formula is C17H32N4O2. The average Bonchev–Trinajstić information content (AvgIpc) is 3.09. The second-order valence-electron chi connectivity index (χ2n) is 6.22. The highest BCUT2D eigenvalue weighted by Crippen LogP contribution is 2.11. The molecule has 132 valence electrons. The van der Waals surface area contributed by atoms with E-state index in [0.29, 0.717) is 25.4 Å². The number of rotatable bonds is 8. The minimum atomic E-state index is 0.299. The van der Waals surface area contributed by atoms with Crippen LogP contribution < -0.4 is 10.6 Å². The average molecular weight is 324 g/mol. The molecule has 23 heavy (non-hydrogen) atoms. The Morgan fingerprint density at radius 3 is 2.87 bits per heavy atom. The molecule has 2 aliphatic rings. The Morgan fingerprint density at radius 1 is 1.39 bits per heavy atom. The second-order valence-corrected chi connectivity index (χ2v) is 6.22. The van der Waals surface area contributed by atoms with Crippen LogP contribution in [0, 0.1) is 0 Å². The third-order valence-electron chi connectivity index (χ3n) is 4.41. The maximum absolute atomic E-state index is 5.66. The highest BCUT2D eigenvalue weighted by molar-refractivity contribution is 5.79. The van der Waals surface area contributed by atoms with Crippen molar-refractivity contribution < 1.29 is 9.47 Å². The van der Waals surface area contributed by atoms with E-state index in [0.717, 1.165) is 64.4 Å². The lowest BCUT2D eigenvalue weighted by molar-refractivity contribution is 0.0191. The summed E-state index contributed by atoms with van der Waals surface area (Å²) in [5, 5.41) is 6.83. The molecule has 0 aliphatic carbocycles. The standard InChI is InChI=1S/C17H32N4O2/c1-3-9-21-10-6-15(7-11-21)20-17(18-2)19-8-13-22-14-16-5-4-12-23-16/h3,15-16H,1,4-14H2,2H3,(H2,18,19,20). The summed E-state index contributed by atoms with van der Waals surface area (Å²) in [5.41, 5.74) is 0. The summed E-state index contributed by atoms with van der Waals surface area (Å²) in [6.45, 7) is 10.1. The number of nitrogens with zero attached hydrogens (tertiary/aromatic N) is 2. The van der Waals surface area contributed by atoms with Crippen molar-refractivity contribution >= 4 is 5.96 Å². The smallest absolute Gasteiger partial charge is 0.191 e. The zero-order valence-electron chi connectivity index (χ0n) is 14.4. The van der Waals surface area contributed by atoms with Crippen LogP contribution in [0.5, 0.6) is 0 Å². The molecular weight excluding hydrogens is 292 g/mol. The molecule has 0 bridgehead atoms. The van der Waals surface area contributed by atoms with Gasteiger partial charge in [0.15, 0.2) is 5.96 Å². The predicted molar refractivity (Wildman–Crippen MR) is 93.9 cm³/mol. The fourth-order valence-electron chi connectivity index (χ4n) is 3.06. The van der Waals surface area contributed by atoms with Crippen LogP contribution in [-0.2, 0) is 9.47 Å². The third-order valence-corrected chi connectivity index (χ3v) is 4.41. The van der Waals surface area contributed by atoms with E-state index in [1.807, 2.05) is 13.1 Å². The Balaban J connectivity index is 1.54. The summed E-state index contributed by atoms with van der Waals surface area (Å²) >= 11 is 0. The van der Waals surface area contributed by atoms with Crippen molar-refractivity contribution in [1.82, 2.24) is 15.5 Å². The lowest BCUT2D eigenvalue weighted by Crippen LogP contribution is -2.49. The quantitative estimate of drug-likeness (QED) is 0.302. The molecule has 2 rings (SSSR count). The van der Waals surface area contributed by atoms with Gasteiger partial charge in [-0.2, -0.15) is 0 Å². The number of likely N-dealkylation sites (tertiary alicyclic amines) is 1. The van der Waals surface area contributed by atoms with Gasteiger partial charge in [-0.05, 0) is 25.7 Å². The molecule has 6 nitrogen and oxygen atoms in total. The van der Waals surface area contributed by atoms with Gasteiger partial charge in [0.1, 0.15) is 0 Å². The number of hydrogen-bond acceptors (Lipinski definition) is 4. The van der Waals surface area contributed by atoms with E-state index in [1.165, 1.54) is 0 Å². The first-order valence-corrected chi connectivity index (χ1v) is 8.81. The van der Waals surface area contributed by atoms with Gasteiger partial charge in [0.2, 0.25) is 0 Å². The van der Waals surface area contributed by atoms with Crippen LogP contribution in [0.25, 0.3) is 0 Å². The molecule has 2 heterocycles. The Kier molecular flexibility index (Phi) is 8.42. The molecule has 0 aromatic carbocycles. The van der Waals surface area contributed by atoms with Crippen molar-refractivity contribution in [2.75, 3.05) is 53.0 Å². The van der Waals surface area contributed by atoms with E-state index < -0.39 is 0 Å². The number of guanidine groups is 1. The van der Waals surface area contributed by atoms with E-state index >= 15 is 0 Å². The summed E-state index contributed by atoms with van der Waals surface area (Å²) in [6, 6.07) is 0.495. The fourth-order valence-corrected chi connectivity index (χ4v) is 3.06. The summed E-state index contributed by atoms with van der Waals surface area (Å²) in [6.07, 6.45) is 6.85. The van der Waals surface area contributed by atoms with E-state index in [2.05, 4.69) is 27.1 Å². The molecule has 1 atom stereocenters. The summed E-state index contributed by atoms with van der Waals surface area (Å²) in [5.74, 6) is 0.868. The van der Waals surface area contributed by atoms with Gasteiger partial charge in [0, 0.05) is 45.9 Å². The predicted octanol–water partition coefficient (Wildman–Crippen LogP) is 0.997. The molecule has 0 spiro atoms. The lowest BCUT2D eigenvalue weighted by atomic mass is 10.1. The second kappa shape index (κ2) is 10.6. The van der Waals surface area contributed by atoms with Crippen LogP contribution in [0.2, 0.25) is 0 Å². The molecule has 2 aliphatic heterocycles. The molecule has 0 aromatic heterocycles. The molecule has 6 heteroatoms. The minimum Gasteiger partial charge on any atom is -0.377 e. The lowest BCUT2D eigenvalue weighted by Gasteiger charge is -2.32.